The van der Waals surface area contributed by atoms with E-state index < -0.39 is 0 Å². The van der Waals surface area contributed by atoms with Crippen molar-refractivity contribution in [2.24, 2.45) is 11.7 Å². The van der Waals surface area contributed by atoms with Crippen LogP contribution in [0.3, 0.4) is 0 Å². The summed E-state index contributed by atoms with van der Waals surface area (Å²) < 4.78 is 0. The Morgan fingerprint density at radius 2 is 2.30 bits per heavy atom. The molecule has 4 nitrogen and oxygen atoms in total. The van der Waals surface area contributed by atoms with E-state index in [4.69, 9.17) is 5.73 Å². The molecule has 0 aliphatic heterocycles. The molecule has 0 spiro atoms. The summed E-state index contributed by atoms with van der Waals surface area (Å²) in [5, 5.41) is 0. The lowest BCUT2D eigenvalue weighted by atomic mass is 10.0. The predicted octanol–water partition coefficient (Wildman–Crippen LogP) is 2.34. The lowest BCUT2D eigenvalue weighted by Gasteiger charge is -2.23. The first-order valence-corrected chi connectivity index (χ1v) is 7.59. The largest absolute Gasteiger partial charge is 0.335 e. The zero-order valence-electron chi connectivity index (χ0n) is 12.3. The van der Waals surface area contributed by atoms with Crippen LogP contribution in [0.25, 0.3) is 0 Å². The van der Waals surface area contributed by atoms with E-state index in [0.717, 1.165) is 31.2 Å². The third-order valence-electron chi connectivity index (χ3n) is 3.89. The molecule has 1 amide bonds. The maximum absolute atomic E-state index is 12.4. The average molecular weight is 275 g/mol. The van der Waals surface area contributed by atoms with Crippen molar-refractivity contribution in [1.82, 2.24) is 9.88 Å². The summed E-state index contributed by atoms with van der Waals surface area (Å²) in [6.07, 6.45) is 8.47. The molecule has 0 bridgehead atoms. The summed E-state index contributed by atoms with van der Waals surface area (Å²) >= 11 is 0. The summed E-state index contributed by atoms with van der Waals surface area (Å²) in [5.74, 6) is 0.809. The molecule has 1 heterocycles. The monoisotopic (exact) mass is 275 g/mol. The standard InChI is InChI=1S/C16H25N3O/c1-13(8-9-17)4-7-16(20)19(15-5-6-15)12-14-3-2-10-18-11-14/h2-3,10-11,13,15H,4-9,12,17H2,1H3. The van der Waals surface area contributed by atoms with E-state index in [0.29, 0.717) is 31.5 Å². The number of carbonyl (C=O) groups excluding carboxylic acids is 1. The minimum Gasteiger partial charge on any atom is -0.335 e. The average Bonchev–Trinajstić information content (AvgIpc) is 3.28. The summed E-state index contributed by atoms with van der Waals surface area (Å²) in [6, 6.07) is 4.41. The quantitative estimate of drug-likeness (QED) is 0.792. The van der Waals surface area contributed by atoms with Crippen LogP contribution in [0.2, 0.25) is 0 Å². The van der Waals surface area contributed by atoms with Crippen molar-refractivity contribution in [3.8, 4) is 0 Å². The molecule has 110 valence electrons. The molecule has 1 aliphatic carbocycles. The molecule has 1 aromatic rings. The highest BCUT2D eigenvalue weighted by Crippen LogP contribution is 2.29. The Morgan fingerprint density at radius 1 is 1.50 bits per heavy atom. The van der Waals surface area contributed by atoms with E-state index in [2.05, 4.69) is 11.9 Å². The fourth-order valence-corrected chi connectivity index (χ4v) is 2.44. The Balaban J connectivity index is 1.86. The van der Waals surface area contributed by atoms with E-state index in [1.54, 1.807) is 6.20 Å². The van der Waals surface area contributed by atoms with Crippen molar-refractivity contribution in [2.75, 3.05) is 6.54 Å². The summed E-state index contributed by atoms with van der Waals surface area (Å²) in [7, 11) is 0. The van der Waals surface area contributed by atoms with Crippen LogP contribution < -0.4 is 5.73 Å². The van der Waals surface area contributed by atoms with Crippen molar-refractivity contribution in [3.05, 3.63) is 30.1 Å². The Hall–Kier alpha value is -1.42. The van der Waals surface area contributed by atoms with Crippen LogP contribution in [0, 0.1) is 5.92 Å². The van der Waals surface area contributed by atoms with Gasteiger partial charge in [0.2, 0.25) is 5.91 Å². The van der Waals surface area contributed by atoms with E-state index in [-0.39, 0.29) is 5.91 Å². The van der Waals surface area contributed by atoms with Gasteiger partial charge in [0, 0.05) is 31.4 Å². The first kappa shape index (κ1) is 15.0. The molecule has 0 saturated heterocycles. The lowest BCUT2D eigenvalue weighted by molar-refractivity contribution is -0.132. The molecule has 20 heavy (non-hydrogen) atoms. The van der Waals surface area contributed by atoms with Gasteiger partial charge in [-0.25, -0.2) is 0 Å². The van der Waals surface area contributed by atoms with Crippen molar-refractivity contribution >= 4 is 5.91 Å². The molecular weight excluding hydrogens is 250 g/mol. The second-order valence-electron chi connectivity index (χ2n) is 5.84. The number of aromatic nitrogens is 1. The minimum atomic E-state index is 0.278. The van der Waals surface area contributed by atoms with Crippen molar-refractivity contribution in [3.63, 3.8) is 0 Å². The van der Waals surface area contributed by atoms with Crippen LogP contribution in [-0.4, -0.2) is 28.4 Å². The first-order chi connectivity index (χ1) is 9.70. The number of amides is 1. The smallest absolute Gasteiger partial charge is 0.223 e. The normalized spacial score (nSPS) is 15.9. The second-order valence-corrected chi connectivity index (χ2v) is 5.84. The number of hydrogen-bond donors (Lipinski definition) is 1. The Morgan fingerprint density at radius 3 is 2.90 bits per heavy atom. The Bertz CT molecular complexity index is 417. The summed E-state index contributed by atoms with van der Waals surface area (Å²) in [6.45, 7) is 3.57. The first-order valence-electron chi connectivity index (χ1n) is 7.59. The molecule has 2 N–H and O–H groups in total. The highest BCUT2D eigenvalue weighted by molar-refractivity contribution is 5.76. The van der Waals surface area contributed by atoms with Crippen LogP contribution in [0.4, 0.5) is 0 Å². The van der Waals surface area contributed by atoms with Crippen molar-refractivity contribution in [1.29, 1.82) is 0 Å². The van der Waals surface area contributed by atoms with Gasteiger partial charge in [-0.1, -0.05) is 13.0 Å². The van der Waals surface area contributed by atoms with E-state index in [1.165, 1.54) is 0 Å². The van der Waals surface area contributed by atoms with E-state index >= 15 is 0 Å². The highest BCUT2D eigenvalue weighted by atomic mass is 16.2. The van der Waals surface area contributed by atoms with Gasteiger partial charge >= 0.3 is 0 Å². The molecule has 1 saturated carbocycles. The maximum atomic E-state index is 12.4. The highest BCUT2D eigenvalue weighted by Gasteiger charge is 2.32. The maximum Gasteiger partial charge on any atom is 0.223 e. The van der Waals surface area contributed by atoms with Crippen LogP contribution in [0.1, 0.15) is 44.6 Å². The second kappa shape index (κ2) is 7.39. The third kappa shape index (κ3) is 4.60. The molecule has 1 aliphatic rings. The molecule has 1 aromatic heterocycles. The fraction of sp³-hybridized carbons (Fsp3) is 0.625. The van der Waals surface area contributed by atoms with Gasteiger partial charge in [0.1, 0.15) is 0 Å². The Kier molecular flexibility index (Phi) is 5.53. The van der Waals surface area contributed by atoms with Gasteiger partial charge in [-0.15, -0.1) is 0 Å². The number of nitrogens with zero attached hydrogens (tertiary/aromatic N) is 2. The molecule has 0 radical (unpaired) electrons. The summed E-state index contributed by atoms with van der Waals surface area (Å²) in [4.78, 5) is 18.6. The number of pyridine rings is 1. The van der Waals surface area contributed by atoms with Gasteiger partial charge in [-0.2, -0.15) is 0 Å². The molecule has 1 unspecified atom stereocenters. The van der Waals surface area contributed by atoms with Gasteiger partial charge < -0.3 is 10.6 Å². The molecule has 1 fully saturated rings. The van der Waals surface area contributed by atoms with Gasteiger partial charge in [0.15, 0.2) is 0 Å². The minimum absolute atomic E-state index is 0.278. The number of carbonyl (C=O) groups is 1. The van der Waals surface area contributed by atoms with Gasteiger partial charge in [0.05, 0.1) is 0 Å². The zero-order chi connectivity index (χ0) is 14.4. The number of hydrogen-bond acceptors (Lipinski definition) is 3. The van der Waals surface area contributed by atoms with Crippen molar-refractivity contribution < 1.29 is 4.79 Å². The van der Waals surface area contributed by atoms with E-state index in [9.17, 15) is 4.79 Å². The molecule has 4 heteroatoms. The lowest BCUT2D eigenvalue weighted by Crippen LogP contribution is -2.32. The molecule has 1 atom stereocenters. The van der Waals surface area contributed by atoms with Crippen molar-refractivity contribution in [2.45, 2.75) is 51.6 Å². The zero-order valence-corrected chi connectivity index (χ0v) is 12.3. The number of rotatable bonds is 8. The van der Waals surface area contributed by atoms with Gasteiger partial charge in [0.25, 0.3) is 0 Å². The number of nitrogens with two attached hydrogens (primary N) is 1. The molecule has 2 rings (SSSR count). The van der Waals surface area contributed by atoms with Crippen LogP contribution in [0.5, 0.6) is 0 Å². The van der Waals surface area contributed by atoms with Crippen LogP contribution in [0.15, 0.2) is 24.5 Å². The third-order valence-corrected chi connectivity index (χ3v) is 3.89. The Labute approximate surface area is 121 Å². The van der Waals surface area contributed by atoms with E-state index in [1.807, 2.05) is 23.2 Å². The SMILES string of the molecule is CC(CCN)CCC(=O)N(Cc1cccnc1)C1CC1. The molecule has 0 aromatic carbocycles. The molecular formula is C16H25N3O. The topological polar surface area (TPSA) is 59.2 Å². The van der Waals surface area contributed by atoms with Gasteiger partial charge in [-0.3, -0.25) is 9.78 Å². The van der Waals surface area contributed by atoms with Gasteiger partial charge in [-0.05, 0) is 49.8 Å². The fourth-order valence-electron chi connectivity index (χ4n) is 2.44. The predicted molar refractivity (Wildman–Crippen MR) is 79.9 cm³/mol. The van der Waals surface area contributed by atoms with Crippen LogP contribution >= 0.6 is 0 Å². The van der Waals surface area contributed by atoms with Crippen LogP contribution in [-0.2, 0) is 11.3 Å². The summed E-state index contributed by atoms with van der Waals surface area (Å²) in [5.41, 5.74) is 6.67.